The number of carbonyl (C=O) groups is 1. The topological polar surface area (TPSA) is 86.9 Å². The fraction of sp³-hybridized carbons (Fsp3) is 0.308. The van der Waals surface area contributed by atoms with Crippen molar-refractivity contribution in [2.75, 3.05) is 7.11 Å². The predicted molar refractivity (Wildman–Crippen MR) is 129 cm³/mol. The molecule has 1 aliphatic rings. The SMILES string of the molecule is COc1cc(-c2cn(C3CCCC(Cc4ccccc4)NC3=O)nn2)ccc1-n1cnc(C)c1. The zero-order valence-electron chi connectivity index (χ0n) is 19.4. The summed E-state index contributed by atoms with van der Waals surface area (Å²) in [6.45, 7) is 1.95. The normalized spacial score (nSPS) is 18.4. The first-order chi connectivity index (χ1) is 16.6. The number of amides is 1. The Morgan fingerprint density at radius 3 is 2.74 bits per heavy atom. The van der Waals surface area contributed by atoms with Crippen LogP contribution in [-0.4, -0.2) is 43.6 Å². The molecule has 2 atom stereocenters. The van der Waals surface area contributed by atoms with Gasteiger partial charge in [0.25, 0.3) is 0 Å². The summed E-state index contributed by atoms with van der Waals surface area (Å²) in [5.41, 5.74) is 4.63. The van der Waals surface area contributed by atoms with Crippen molar-refractivity contribution in [3.63, 3.8) is 0 Å². The minimum absolute atomic E-state index is 0.00159. The van der Waals surface area contributed by atoms with Gasteiger partial charge in [0, 0.05) is 17.8 Å². The highest BCUT2D eigenvalue weighted by atomic mass is 16.5. The van der Waals surface area contributed by atoms with E-state index in [-0.39, 0.29) is 18.0 Å². The number of rotatable bonds is 6. The van der Waals surface area contributed by atoms with Gasteiger partial charge in [-0.3, -0.25) is 4.79 Å². The Kier molecular flexibility index (Phi) is 6.12. The fourth-order valence-corrected chi connectivity index (χ4v) is 4.53. The van der Waals surface area contributed by atoms with E-state index in [1.807, 2.05) is 60.3 Å². The predicted octanol–water partition coefficient (Wildman–Crippen LogP) is 3.90. The van der Waals surface area contributed by atoms with Crippen molar-refractivity contribution >= 4 is 5.91 Å². The maximum absolute atomic E-state index is 13.0. The quantitative estimate of drug-likeness (QED) is 0.476. The highest BCUT2D eigenvalue weighted by molar-refractivity contribution is 5.81. The van der Waals surface area contributed by atoms with Gasteiger partial charge in [-0.15, -0.1) is 5.10 Å². The lowest BCUT2D eigenvalue weighted by molar-refractivity contribution is -0.125. The van der Waals surface area contributed by atoms with Gasteiger partial charge in [-0.25, -0.2) is 9.67 Å². The summed E-state index contributed by atoms with van der Waals surface area (Å²) in [6.07, 6.45) is 9.03. The van der Waals surface area contributed by atoms with E-state index in [4.69, 9.17) is 4.74 Å². The summed E-state index contributed by atoms with van der Waals surface area (Å²) in [5, 5.41) is 11.9. The lowest BCUT2D eigenvalue weighted by Gasteiger charge is -2.17. The van der Waals surface area contributed by atoms with E-state index >= 15 is 0 Å². The molecule has 0 spiro atoms. The molecule has 8 nitrogen and oxygen atoms in total. The molecule has 1 fully saturated rings. The molecule has 2 aromatic carbocycles. The molecule has 8 heteroatoms. The zero-order valence-corrected chi connectivity index (χ0v) is 19.4. The van der Waals surface area contributed by atoms with Crippen molar-refractivity contribution in [2.24, 2.45) is 0 Å². The van der Waals surface area contributed by atoms with Gasteiger partial charge in [-0.2, -0.15) is 0 Å². The molecule has 0 aliphatic carbocycles. The second kappa shape index (κ2) is 9.51. The van der Waals surface area contributed by atoms with Crippen LogP contribution in [0.4, 0.5) is 0 Å². The lowest BCUT2D eigenvalue weighted by Crippen LogP contribution is -2.38. The second-order valence-corrected chi connectivity index (χ2v) is 8.73. The minimum Gasteiger partial charge on any atom is -0.495 e. The number of hydrogen-bond donors (Lipinski definition) is 1. The van der Waals surface area contributed by atoms with Crippen LogP contribution in [0.3, 0.4) is 0 Å². The summed E-state index contributed by atoms with van der Waals surface area (Å²) in [4.78, 5) is 17.3. The Morgan fingerprint density at radius 2 is 1.97 bits per heavy atom. The first-order valence-corrected chi connectivity index (χ1v) is 11.6. The molecular weight excluding hydrogens is 428 g/mol. The molecule has 3 heterocycles. The van der Waals surface area contributed by atoms with Crippen LogP contribution in [0.2, 0.25) is 0 Å². The maximum Gasteiger partial charge on any atom is 0.245 e. The third-order valence-electron chi connectivity index (χ3n) is 6.30. The maximum atomic E-state index is 13.0. The molecule has 0 bridgehead atoms. The first-order valence-electron chi connectivity index (χ1n) is 11.6. The van der Waals surface area contributed by atoms with E-state index in [2.05, 4.69) is 32.7 Å². The number of aromatic nitrogens is 5. The van der Waals surface area contributed by atoms with Crippen molar-refractivity contribution in [1.29, 1.82) is 0 Å². The molecule has 4 aromatic rings. The number of methoxy groups -OCH3 is 1. The van der Waals surface area contributed by atoms with Crippen molar-refractivity contribution in [3.8, 4) is 22.7 Å². The number of aryl methyl sites for hydroxylation is 1. The van der Waals surface area contributed by atoms with Crippen LogP contribution in [-0.2, 0) is 11.2 Å². The van der Waals surface area contributed by atoms with Crippen molar-refractivity contribution < 1.29 is 9.53 Å². The Balaban J connectivity index is 1.33. The van der Waals surface area contributed by atoms with Crippen LogP contribution in [0.1, 0.15) is 36.6 Å². The highest BCUT2D eigenvalue weighted by Gasteiger charge is 2.28. The molecule has 2 unspecified atom stereocenters. The Hall–Kier alpha value is -3.94. The van der Waals surface area contributed by atoms with Crippen LogP contribution in [0.5, 0.6) is 5.75 Å². The third kappa shape index (κ3) is 4.57. The summed E-state index contributed by atoms with van der Waals surface area (Å²) in [5.74, 6) is 0.707. The Morgan fingerprint density at radius 1 is 1.12 bits per heavy atom. The largest absolute Gasteiger partial charge is 0.495 e. The molecule has 1 amide bonds. The summed E-state index contributed by atoms with van der Waals surface area (Å²) in [7, 11) is 1.64. The average molecular weight is 457 g/mol. The molecular formula is C26H28N6O2. The van der Waals surface area contributed by atoms with Crippen molar-refractivity contribution in [3.05, 3.63) is 78.5 Å². The fourth-order valence-electron chi connectivity index (χ4n) is 4.53. The van der Waals surface area contributed by atoms with E-state index in [1.165, 1.54) is 5.56 Å². The van der Waals surface area contributed by atoms with Gasteiger partial charge < -0.3 is 14.6 Å². The van der Waals surface area contributed by atoms with E-state index in [0.717, 1.165) is 42.6 Å². The van der Waals surface area contributed by atoms with Crippen LogP contribution in [0.25, 0.3) is 16.9 Å². The van der Waals surface area contributed by atoms with Gasteiger partial charge in [0.1, 0.15) is 17.5 Å². The molecule has 174 valence electrons. The number of imidazole rings is 1. The van der Waals surface area contributed by atoms with Gasteiger partial charge >= 0.3 is 0 Å². The number of nitrogens with one attached hydrogen (secondary N) is 1. The number of hydrogen-bond acceptors (Lipinski definition) is 5. The van der Waals surface area contributed by atoms with Crippen LogP contribution in [0, 0.1) is 6.92 Å². The molecule has 1 aliphatic heterocycles. The molecule has 1 saturated heterocycles. The Bertz CT molecular complexity index is 1280. The summed E-state index contributed by atoms with van der Waals surface area (Å²) < 4.78 is 9.24. The standard InChI is InChI=1S/C26H28N6O2/c1-18-15-31(17-27-18)23-12-11-20(14-25(23)34-2)22-16-32(30-29-22)24-10-6-9-21(28-26(24)33)13-19-7-4-3-5-8-19/h3-5,7-8,11-12,14-17,21,24H,6,9-10,13H2,1-2H3,(H,28,33). The first kappa shape index (κ1) is 21.9. The smallest absolute Gasteiger partial charge is 0.245 e. The second-order valence-electron chi connectivity index (χ2n) is 8.73. The minimum atomic E-state index is -0.364. The molecule has 1 N–H and O–H groups in total. The van der Waals surface area contributed by atoms with Gasteiger partial charge in [0.05, 0.1) is 31.0 Å². The summed E-state index contributed by atoms with van der Waals surface area (Å²) in [6, 6.07) is 15.9. The van der Waals surface area contributed by atoms with E-state index in [9.17, 15) is 4.79 Å². The number of benzene rings is 2. The molecule has 0 saturated carbocycles. The lowest BCUT2D eigenvalue weighted by atomic mass is 10.0. The molecule has 5 rings (SSSR count). The third-order valence-corrected chi connectivity index (χ3v) is 6.30. The number of nitrogens with zero attached hydrogens (tertiary/aromatic N) is 5. The van der Waals surface area contributed by atoms with E-state index in [1.54, 1.807) is 18.1 Å². The van der Waals surface area contributed by atoms with E-state index in [0.29, 0.717) is 11.4 Å². The number of ether oxygens (including phenoxy) is 1. The van der Waals surface area contributed by atoms with Crippen molar-refractivity contribution in [1.82, 2.24) is 29.9 Å². The van der Waals surface area contributed by atoms with Crippen LogP contribution >= 0.6 is 0 Å². The number of carbonyl (C=O) groups excluding carboxylic acids is 1. The average Bonchev–Trinajstić information content (AvgIpc) is 3.47. The zero-order chi connectivity index (χ0) is 23.5. The van der Waals surface area contributed by atoms with E-state index < -0.39 is 0 Å². The Labute approximate surface area is 198 Å². The van der Waals surface area contributed by atoms with Gasteiger partial charge in [-0.05, 0) is 50.3 Å². The van der Waals surface area contributed by atoms with Gasteiger partial charge in [0.15, 0.2) is 0 Å². The monoisotopic (exact) mass is 456 g/mol. The molecule has 34 heavy (non-hydrogen) atoms. The van der Waals surface area contributed by atoms with Gasteiger partial charge in [-0.1, -0.05) is 41.6 Å². The molecule has 2 aromatic heterocycles. The van der Waals surface area contributed by atoms with Crippen molar-refractivity contribution in [2.45, 2.75) is 44.7 Å². The van der Waals surface area contributed by atoms with Crippen LogP contribution < -0.4 is 10.1 Å². The van der Waals surface area contributed by atoms with Crippen LogP contribution in [0.15, 0.2) is 67.3 Å². The summed E-state index contributed by atoms with van der Waals surface area (Å²) >= 11 is 0. The highest BCUT2D eigenvalue weighted by Crippen LogP contribution is 2.30. The molecule has 0 radical (unpaired) electrons. The van der Waals surface area contributed by atoms with Gasteiger partial charge in [0.2, 0.25) is 5.91 Å².